The van der Waals surface area contributed by atoms with E-state index in [0.29, 0.717) is 39.5 Å². The first kappa shape index (κ1) is 22.7. The number of fused-ring (bicyclic) bond motifs is 1. The van der Waals surface area contributed by atoms with Gasteiger partial charge in [-0.3, -0.25) is 19.7 Å². The quantitative estimate of drug-likeness (QED) is 0.284. The molecule has 0 saturated carbocycles. The number of para-hydroxylation sites is 1. The molecule has 0 spiro atoms. The van der Waals surface area contributed by atoms with Gasteiger partial charge in [0.25, 0.3) is 11.8 Å². The van der Waals surface area contributed by atoms with Crippen molar-refractivity contribution in [3.05, 3.63) is 59.7 Å². The molecule has 1 unspecified atom stereocenters. The largest absolute Gasteiger partial charge is 0.480 e. The topological polar surface area (TPSA) is 120 Å². The van der Waals surface area contributed by atoms with Gasteiger partial charge in [-0.15, -0.1) is 10.2 Å². The number of aromatic nitrogens is 2. The molecule has 1 atom stereocenters. The Hall–Kier alpha value is -3.44. The average Bonchev–Trinajstić information content (AvgIpc) is 3.45. The molecular weight excluding hydrogens is 464 g/mol. The third-order valence-electron chi connectivity index (χ3n) is 4.58. The fourth-order valence-electron chi connectivity index (χ4n) is 3.10. The monoisotopic (exact) mass is 484 g/mol. The minimum absolute atomic E-state index is 0.119. The van der Waals surface area contributed by atoms with Crippen LogP contribution in [0.2, 0.25) is 0 Å². The summed E-state index contributed by atoms with van der Waals surface area (Å²) >= 11 is 2.35. The molecule has 9 nitrogen and oxygen atoms in total. The molecule has 4 rings (SSSR count). The molecule has 170 valence electrons. The summed E-state index contributed by atoms with van der Waals surface area (Å²) in [4.78, 5) is 36.7. The lowest BCUT2D eigenvalue weighted by Gasteiger charge is -2.12. The number of nitrogens with zero attached hydrogens (tertiary/aromatic N) is 2. The highest BCUT2D eigenvalue weighted by Gasteiger charge is 2.28. The standard InChI is InChI=1S/C22H20N4O5S2/c1-2-30-18(27)12-32-22-26-25-21(33-22)24-19(28)14-7-5-8-15(10-14)23-20(29)17-11-13-6-3-4-9-16(13)31-17/h3-10,17H,2,11-12H2,1H3,(H,23,29)(H,24,25,28). The number of amides is 2. The molecule has 2 N–H and O–H groups in total. The maximum absolute atomic E-state index is 12.6. The van der Waals surface area contributed by atoms with Crippen LogP contribution < -0.4 is 15.4 Å². The molecule has 3 aromatic rings. The van der Waals surface area contributed by atoms with Crippen molar-refractivity contribution in [2.75, 3.05) is 23.0 Å². The number of benzene rings is 2. The molecule has 11 heteroatoms. The van der Waals surface area contributed by atoms with E-state index in [4.69, 9.17) is 9.47 Å². The molecule has 2 heterocycles. The van der Waals surface area contributed by atoms with E-state index >= 15 is 0 Å². The van der Waals surface area contributed by atoms with Gasteiger partial charge in [-0.25, -0.2) is 0 Å². The number of hydrogen-bond donors (Lipinski definition) is 2. The van der Waals surface area contributed by atoms with Gasteiger partial charge < -0.3 is 14.8 Å². The van der Waals surface area contributed by atoms with E-state index in [-0.39, 0.29) is 17.6 Å². The third-order valence-corrected chi connectivity index (χ3v) is 6.52. The van der Waals surface area contributed by atoms with Gasteiger partial charge in [-0.2, -0.15) is 0 Å². The molecule has 1 aromatic heterocycles. The number of anilines is 2. The summed E-state index contributed by atoms with van der Waals surface area (Å²) in [5.74, 6) is -0.185. The first-order chi connectivity index (χ1) is 16.0. The predicted molar refractivity (Wildman–Crippen MR) is 125 cm³/mol. The molecule has 1 aliphatic rings. The second-order valence-corrected chi connectivity index (χ2v) is 9.11. The summed E-state index contributed by atoms with van der Waals surface area (Å²) in [7, 11) is 0. The van der Waals surface area contributed by atoms with Gasteiger partial charge >= 0.3 is 5.97 Å². The minimum atomic E-state index is -0.619. The van der Waals surface area contributed by atoms with Gasteiger partial charge in [0.1, 0.15) is 5.75 Å². The first-order valence-corrected chi connectivity index (χ1v) is 11.9. The van der Waals surface area contributed by atoms with Crippen LogP contribution in [0.25, 0.3) is 0 Å². The Balaban J connectivity index is 1.33. The second-order valence-electron chi connectivity index (χ2n) is 6.91. The molecule has 0 radical (unpaired) electrons. The summed E-state index contributed by atoms with van der Waals surface area (Å²) in [5, 5.41) is 13.7. The zero-order chi connectivity index (χ0) is 23.2. The maximum Gasteiger partial charge on any atom is 0.316 e. The van der Waals surface area contributed by atoms with E-state index in [9.17, 15) is 14.4 Å². The Morgan fingerprint density at radius 1 is 1.15 bits per heavy atom. The van der Waals surface area contributed by atoms with Crippen LogP contribution >= 0.6 is 23.1 Å². The first-order valence-electron chi connectivity index (χ1n) is 10.1. The molecule has 2 aromatic carbocycles. The van der Waals surface area contributed by atoms with Crippen molar-refractivity contribution in [2.45, 2.75) is 23.8 Å². The van der Waals surface area contributed by atoms with E-state index in [0.717, 1.165) is 16.9 Å². The molecule has 2 amide bonds. The number of nitrogens with one attached hydrogen (secondary N) is 2. The van der Waals surface area contributed by atoms with Crippen molar-refractivity contribution in [3.8, 4) is 5.75 Å². The zero-order valence-electron chi connectivity index (χ0n) is 17.6. The number of thioether (sulfide) groups is 1. The fourth-order valence-corrected chi connectivity index (χ4v) is 4.65. The van der Waals surface area contributed by atoms with E-state index in [1.165, 1.54) is 11.8 Å². The van der Waals surface area contributed by atoms with E-state index in [2.05, 4.69) is 20.8 Å². The number of esters is 1. The van der Waals surface area contributed by atoms with Crippen LogP contribution in [0.15, 0.2) is 52.9 Å². The summed E-state index contributed by atoms with van der Waals surface area (Å²) in [5.41, 5.74) is 1.82. The minimum Gasteiger partial charge on any atom is -0.480 e. The summed E-state index contributed by atoms with van der Waals surface area (Å²) in [6.45, 7) is 2.06. The second kappa shape index (κ2) is 10.5. The van der Waals surface area contributed by atoms with Crippen molar-refractivity contribution >= 4 is 51.7 Å². The lowest BCUT2D eigenvalue weighted by atomic mass is 10.1. The van der Waals surface area contributed by atoms with Crippen molar-refractivity contribution in [2.24, 2.45) is 0 Å². The van der Waals surface area contributed by atoms with Crippen LogP contribution in [-0.4, -0.2) is 46.4 Å². The van der Waals surface area contributed by atoms with Crippen LogP contribution in [0.1, 0.15) is 22.8 Å². The molecular formula is C22H20N4O5S2. The predicted octanol–water partition coefficient (Wildman–Crippen LogP) is 3.39. The van der Waals surface area contributed by atoms with Crippen LogP contribution in [0.4, 0.5) is 10.8 Å². The van der Waals surface area contributed by atoms with E-state index in [1.807, 2.05) is 24.3 Å². The van der Waals surface area contributed by atoms with Crippen molar-refractivity contribution in [1.29, 1.82) is 0 Å². The Kier molecular flexibility index (Phi) is 7.20. The highest BCUT2D eigenvalue weighted by Crippen LogP contribution is 2.29. The Labute approximate surface area is 197 Å². The van der Waals surface area contributed by atoms with Crippen LogP contribution in [0.3, 0.4) is 0 Å². The van der Waals surface area contributed by atoms with Gasteiger partial charge in [0.15, 0.2) is 10.4 Å². The van der Waals surface area contributed by atoms with E-state index < -0.39 is 12.0 Å². The zero-order valence-corrected chi connectivity index (χ0v) is 19.2. The molecule has 0 bridgehead atoms. The number of ether oxygens (including phenoxy) is 2. The maximum atomic E-state index is 12.6. The van der Waals surface area contributed by atoms with Crippen LogP contribution in [-0.2, 0) is 20.7 Å². The molecule has 0 saturated heterocycles. The van der Waals surface area contributed by atoms with Crippen molar-refractivity contribution < 1.29 is 23.9 Å². The van der Waals surface area contributed by atoms with Gasteiger partial charge in [0.2, 0.25) is 5.13 Å². The SMILES string of the molecule is CCOC(=O)CSc1nnc(NC(=O)c2cccc(NC(=O)C3Cc4ccccc4O3)c2)s1. The van der Waals surface area contributed by atoms with Crippen molar-refractivity contribution in [1.82, 2.24) is 10.2 Å². The van der Waals surface area contributed by atoms with Gasteiger partial charge in [0, 0.05) is 17.7 Å². The lowest BCUT2D eigenvalue weighted by molar-refractivity contribution is -0.139. The number of rotatable bonds is 8. The van der Waals surface area contributed by atoms with Crippen LogP contribution in [0, 0.1) is 0 Å². The Morgan fingerprint density at radius 2 is 2.00 bits per heavy atom. The van der Waals surface area contributed by atoms with Gasteiger partial charge in [-0.1, -0.05) is 47.4 Å². The van der Waals surface area contributed by atoms with Crippen molar-refractivity contribution in [3.63, 3.8) is 0 Å². The molecule has 1 aliphatic heterocycles. The Morgan fingerprint density at radius 3 is 2.82 bits per heavy atom. The highest BCUT2D eigenvalue weighted by molar-refractivity contribution is 8.01. The van der Waals surface area contributed by atoms with Gasteiger partial charge in [0.05, 0.1) is 12.4 Å². The number of carbonyl (C=O) groups is 3. The summed E-state index contributed by atoms with van der Waals surface area (Å²) in [6, 6.07) is 14.1. The third kappa shape index (κ3) is 5.88. The van der Waals surface area contributed by atoms with Crippen LogP contribution in [0.5, 0.6) is 5.75 Å². The molecule has 0 aliphatic carbocycles. The smallest absolute Gasteiger partial charge is 0.316 e. The fraction of sp³-hybridized carbons (Fsp3) is 0.227. The number of carbonyl (C=O) groups excluding carboxylic acids is 3. The van der Waals surface area contributed by atoms with E-state index in [1.54, 1.807) is 31.2 Å². The highest BCUT2D eigenvalue weighted by atomic mass is 32.2. The summed E-state index contributed by atoms with van der Waals surface area (Å²) in [6.07, 6.45) is -0.123. The average molecular weight is 485 g/mol. The molecule has 33 heavy (non-hydrogen) atoms. The lowest BCUT2D eigenvalue weighted by Crippen LogP contribution is -2.31. The Bertz CT molecular complexity index is 1160. The normalized spacial score (nSPS) is 14.2. The summed E-state index contributed by atoms with van der Waals surface area (Å²) < 4.78 is 11.1. The number of hydrogen-bond acceptors (Lipinski definition) is 9. The molecule has 0 fully saturated rings. The van der Waals surface area contributed by atoms with Gasteiger partial charge in [-0.05, 0) is 36.8 Å².